The largest absolute Gasteiger partial charge is 0.369 e. The lowest BCUT2D eigenvalue weighted by Crippen LogP contribution is -2.32. The van der Waals surface area contributed by atoms with Gasteiger partial charge in [0.05, 0.1) is 6.54 Å². The number of nitrogens with zero attached hydrogens (tertiary/aromatic N) is 1. The zero-order chi connectivity index (χ0) is 12.0. The molecule has 0 atom stereocenters. The Hall–Kier alpha value is -1.68. The first-order chi connectivity index (χ1) is 7.59. The van der Waals surface area contributed by atoms with E-state index in [0.717, 1.165) is 0 Å². The fraction of sp³-hybridized carbons (Fsp3) is 0.333. The number of hydrogen-bond donors (Lipinski definition) is 1. The highest BCUT2D eigenvalue weighted by Gasteiger charge is 2.08. The fourth-order valence-electron chi connectivity index (χ4n) is 1.41. The van der Waals surface area contributed by atoms with Gasteiger partial charge >= 0.3 is 0 Å². The van der Waals surface area contributed by atoms with Gasteiger partial charge in [-0.25, -0.2) is 0 Å². The van der Waals surface area contributed by atoms with E-state index in [1.165, 1.54) is 0 Å². The second-order valence-corrected chi connectivity index (χ2v) is 3.74. The zero-order valence-corrected chi connectivity index (χ0v) is 9.35. The summed E-state index contributed by atoms with van der Waals surface area (Å²) in [7, 11) is 1.77. The van der Waals surface area contributed by atoms with Gasteiger partial charge in [-0.1, -0.05) is 30.3 Å². The molecule has 0 fully saturated rings. The lowest BCUT2D eigenvalue weighted by Gasteiger charge is -2.13. The number of ketones is 1. The summed E-state index contributed by atoms with van der Waals surface area (Å²) in [6.07, 6.45) is 0.397. The molecule has 1 amide bonds. The molecule has 0 radical (unpaired) electrons. The number of carbonyl (C=O) groups excluding carboxylic acids is 2. The number of amides is 1. The fourth-order valence-corrected chi connectivity index (χ4v) is 1.41. The average Bonchev–Trinajstić information content (AvgIpc) is 2.26. The first-order valence-electron chi connectivity index (χ1n) is 5.14. The second-order valence-electron chi connectivity index (χ2n) is 3.74. The number of benzene rings is 1. The van der Waals surface area contributed by atoms with Gasteiger partial charge in [-0.15, -0.1) is 0 Å². The monoisotopic (exact) mass is 220 g/mol. The normalized spacial score (nSPS) is 10.4. The summed E-state index contributed by atoms with van der Waals surface area (Å²) in [5.74, 6) is -0.299. The molecule has 0 bridgehead atoms. The molecule has 0 unspecified atom stereocenters. The molecule has 0 aromatic heterocycles. The van der Waals surface area contributed by atoms with E-state index < -0.39 is 0 Å². The van der Waals surface area contributed by atoms with Gasteiger partial charge in [-0.3, -0.25) is 14.5 Å². The van der Waals surface area contributed by atoms with Crippen molar-refractivity contribution in [2.24, 2.45) is 5.73 Å². The first kappa shape index (κ1) is 12.4. The molecule has 0 aliphatic rings. The van der Waals surface area contributed by atoms with Crippen LogP contribution in [0.25, 0.3) is 0 Å². The van der Waals surface area contributed by atoms with E-state index in [4.69, 9.17) is 5.73 Å². The van der Waals surface area contributed by atoms with Crippen LogP contribution in [0.1, 0.15) is 16.8 Å². The van der Waals surface area contributed by atoms with Gasteiger partial charge in [0, 0.05) is 18.5 Å². The molecule has 1 rings (SSSR count). The van der Waals surface area contributed by atoms with Crippen molar-refractivity contribution in [1.29, 1.82) is 0 Å². The number of primary amides is 1. The number of likely N-dealkylation sites (N-methyl/N-ethyl adjacent to an activating group) is 1. The SMILES string of the molecule is CN(CCC(=O)c1ccccc1)CC(N)=O. The van der Waals surface area contributed by atoms with Crippen LogP contribution in [0.15, 0.2) is 30.3 Å². The maximum atomic E-state index is 11.7. The average molecular weight is 220 g/mol. The van der Waals surface area contributed by atoms with Crippen LogP contribution in [-0.4, -0.2) is 36.7 Å². The molecular weight excluding hydrogens is 204 g/mol. The van der Waals surface area contributed by atoms with Crippen molar-refractivity contribution in [3.05, 3.63) is 35.9 Å². The summed E-state index contributed by atoms with van der Waals surface area (Å²) in [6, 6.07) is 9.11. The quantitative estimate of drug-likeness (QED) is 0.717. The van der Waals surface area contributed by atoms with Crippen molar-refractivity contribution in [3.8, 4) is 0 Å². The Balaban J connectivity index is 2.39. The van der Waals surface area contributed by atoms with Crippen LogP contribution in [0, 0.1) is 0 Å². The molecule has 0 aliphatic heterocycles. The van der Waals surface area contributed by atoms with Crippen LogP contribution in [0.3, 0.4) is 0 Å². The topological polar surface area (TPSA) is 63.4 Å². The van der Waals surface area contributed by atoms with Crippen molar-refractivity contribution in [2.75, 3.05) is 20.1 Å². The van der Waals surface area contributed by atoms with Crippen LogP contribution in [0.2, 0.25) is 0 Å². The summed E-state index contributed by atoms with van der Waals surface area (Å²) in [6.45, 7) is 0.721. The van der Waals surface area contributed by atoms with E-state index in [1.54, 1.807) is 24.1 Å². The highest BCUT2D eigenvalue weighted by Crippen LogP contribution is 2.03. The molecule has 1 aromatic rings. The van der Waals surface area contributed by atoms with Crippen molar-refractivity contribution < 1.29 is 9.59 Å². The molecule has 4 nitrogen and oxygen atoms in total. The molecule has 2 N–H and O–H groups in total. The predicted octanol–water partition coefficient (Wildman–Crippen LogP) is 0.676. The van der Waals surface area contributed by atoms with Crippen LogP contribution in [0.5, 0.6) is 0 Å². The first-order valence-corrected chi connectivity index (χ1v) is 5.14. The van der Waals surface area contributed by atoms with Crippen LogP contribution < -0.4 is 5.73 Å². The zero-order valence-electron chi connectivity index (χ0n) is 9.35. The van der Waals surface area contributed by atoms with E-state index >= 15 is 0 Å². The van der Waals surface area contributed by atoms with Gasteiger partial charge in [-0.05, 0) is 7.05 Å². The van der Waals surface area contributed by atoms with E-state index in [2.05, 4.69) is 0 Å². The van der Waals surface area contributed by atoms with Gasteiger partial charge in [0.25, 0.3) is 0 Å². The molecule has 1 aromatic carbocycles. The number of Topliss-reactive ketones (excluding diaryl/α,β-unsaturated/α-hetero) is 1. The molecular formula is C12H16N2O2. The van der Waals surface area contributed by atoms with Gasteiger partial charge in [0.1, 0.15) is 0 Å². The smallest absolute Gasteiger partial charge is 0.231 e. The van der Waals surface area contributed by atoms with Crippen LogP contribution in [0.4, 0.5) is 0 Å². The lowest BCUT2D eigenvalue weighted by molar-refractivity contribution is -0.118. The molecule has 86 valence electrons. The van der Waals surface area contributed by atoms with Gasteiger partial charge < -0.3 is 5.73 Å². The minimum atomic E-state index is -0.380. The van der Waals surface area contributed by atoms with E-state index in [0.29, 0.717) is 18.5 Å². The van der Waals surface area contributed by atoms with Crippen molar-refractivity contribution in [3.63, 3.8) is 0 Å². The van der Waals surface area contributed by atoms with Crippen molar-refractivity contribution >= 4 is 11.7 Å². The second kappa shape index (κ2) is 6.02. The van der Waals surface area contributed by atoms with Crippen LogP contribution >= 0.6 is 0 Å². The third-order valence-corrected chi connectivity index (χ3v) is 2.24. The summed E-state index contributed by atoms with van der Waals surface area (Å²) < 4.78 is 0. The summed E-state index contributed by atoms with van der Waals surface area (Å²) in [5.41, 5.74) is 5.75. The maximum absolute atomic E-state index is 11.7. The highest BCUT2D eigenvalue weighted by molar-refractivity contribution is 5.96. The third kappa shape index (κ3) is 4.23. The van der Waals surface area contributed by atoms with Crippen molar-refractivity contribution in [2.45, 2.75) is 6.42 Å². The Morgan fingerprint density at radius 1 is 1.25 bits per heavy atom. The maximum Gasteiger partial charge on any atom is 0.231 e. The van der Waals surface area contributed by atoms with Crippen LogP contribution in [-0.2, 0) is 4.79 Å². The minimum absolute atomic E-state index is 0.0805. The summed E-state index contributed by atoms with van der Waals surface area (Å²) in [5, 5.41) is 0. The molecule has 0 saturated carbocycles. The molecule has 4 heteroatoms. The van der Waals surface area contributed by atoms with Gasteiger partial charge in [0.2, 0.25) is 5.91 Å². The van der Waals surface area contributed by atoms with Gasteiger partial charge in [0.15, 0.2) is 5.78 Å². The Labute approximate surface area is 95.0 Å². The lowest BCUT2D eigenvalue weighted by atomic mass is 10.1. The third-order valence-electron chi connectivity index (χ3n) is 2.24. The number of nitrogens with two attached hydrogens (primary N) is 1. The Morgan fingerprint density at radius 3 is 2.44 bits per heavy atom. The van der Waals surface area contributed by atoms with E-state index in [1.807, 2.05) is 18.2 Å². The number of carbonyl (C=O) groups is 2. The van der Waals surface area contributed by atoms with Gasteiger partial charge in [-0.2, -0.15) is 0 Å². The Bertz CT molecular complexity index is 363. The standard InChI is InChI=1S/C12H16N2O2/c1-14(9-12(13)16)8-7-11(15)10-5-3-2-4-6-10/h2-6H,7-9H2,1H3,(H2,13,16). The highest BCUT2D eigenvalue weighted by atomic mass is 16.1. The summed E-state index contributed by atoms with van der Waals surface area (Å²) >= 11 is 0. The molecule has 16 heavy (non-hydrogen) atoms. The molecule has 0 saturated heterocycles. The molecule has 0 heterocycles. The number of hydrogen-bond acceptors (Lipinski definition) is 3. The van der Waals surface area contributed by atoms with E-state index in [-0.39, 0.29) is 18.2 Å². The van der Waals surface area contributed by atoms with E-state index in [9.17, 15) is 9.59 Å². The molecule has 0 spiro atoms. The minimum Gasteiger partial charge on any atom is -0.369 e. The Kier molecular flexibility index (Phi) is 4.66. The Morgan fingerprint density at radius 2 is 1.88 bits per heavy atom. The van der Waals surface area contributed by atoms with Crippen molar-refractivity contribution in [1.82, 2.24) is 4.90 Å². The summed E-state index contributed by atoms with van der Waals surface area (Å²) in [4.78, 5) is 24.1. The predicted molar refractivity (Wildman–Crippen MR) is 62.1 cm³/mol. The molecule has 0 aliphatic carbocycles. The number of rotatable bonds is 6.